The minimum absolute atomic E-state index is 0.0192. The molecule has 1 unspecified atom stereocenters. The Morgan fingerprint density at radius 2 is 1.17 bits per heavy atom. The van der Waals surface area contributed by atoms with Gasteiger partial charge in [-0.2, -0.15) is 0 Å². The second kappa shape index (κ2) is 6.70. The third-order valence-electron chi connectivity index (χ3n) is 5.73. The summed E-state index contributed by atoms with van der Waals surface area (Å²) < 4.78 is -6.39. The molecule has 10 heteroatoms. The fourth-order valence-corrected chi connectivity index (χ4v) is 7.96. The Morgan fingerprint density at radius 3 is 1.77 bits per heavy atom. The molecular weight excluding hydrogens is 595 g/mol. The van der Waals surface area contributed by atoms with Crippen LogP contribution in [0.25, 0.3) is 26.6 Å². The molecular formula is C20H6Cl10. The van der Waals surface area contributed by atoms with Crippen LogP contribution in [0.2, 0.25) is 0 Å². The Bertz CT molecular complexity index is 1360. The number of rotatable bonds is 0. The highest BCUT2D eigenvalue weighted by Gasteiger charge is 2.76. The number of benzene rings is 3. The van der Waals surface area contributed by atoms with Crippen molar-refractivity contribution >= 4 is 143 Å². The van der Waals surface area contributed by atoms with Crippen molar-refractivity contribution in [3.63, 3.8) is 0 Å². The van der Waals surface area contributed by atoms with Crippen LogP contribution in [0.1, 0.15) is 11.1 Å². The maximum Gasteiger partial charge on any atom is 0.190 e. The molecule has 3 aromatic rings. The van der Waals surface area contributed by atoms with Gasteiger partial charge < -0.3 is 0 Å². The number of alkyl halides is 7. The fourth-order valence-electron chi connectivity index (χ4n) is 4.38. The summed E-state index contributed by atoms with van der Waals surface area (Å²) in [5, 5.41) is 3.66. The van der Waals surface area contributed by atoms with Crippen LogP contribution in [-0.4, -0.2) is 8.67 Å². The van der Waals surface area contributed by atoms with Crippen molar-refractivity contribution in [1.82, 2.24) is 0 Å². The second-order valence-corrected chi connectivity index (χ2v) is 12.8. The smallest absolute Gasteiger partial charge is 0.104 e. The molecule has 5 rings (SSSR count). The molecule has 0 heterocycles. The van der Waals surface area contributed by atoms with E-state index in [0.29, 0.717) is 21.7 Å². The van der Waals surface area contributed by atoms with E-state index in [1.165, 1.54) is 0 Å². The minimum Gasteiger partial charge on any atom is -0.104 e. The predicted molar refractivity (Wildman–Crippen MR) is 134 cm³/mol. The summed E-state index contributed by atoms with van der Waals surface area (Å²) in [5.41, 5.74) is 0.643. The third-order valence-corrected chi connectivity index (χ3v) is 12.1. The number of halogens is 10. The van der Waals surface area contributed by atoms with E-state index >= 15 is 0 Å². The van der Waals surface area contributed by atoms with E-state index in [1.54, 1.807) is 0 Å². The molecule has 0 amide bonds. The monoisotopic (exact) mass is 596 g/mol. The van der Waals surface area contributed by atoms with Crippen molar-refractivity contribution in [2.45, 2.75) is 17.9 Å². The first-order valence-electron chi connectivity index (χ1n) is 8.38. The van der Waals surface area contributed by atoms with Crippen LogP contribution in [0.15, 0.2) is 46.5 Å². The molecule has 2 aliphatic carbocycles. The molecule has 3 aromatic carbocycles. The maximum absolute atomic E-state index is 7.12. The third kappa shape index (κ3) is 2.33. The van der Waals surface area contributed by atoms with E-state index in [1.807, 2.05) is 36.4 Å². The average molecular weight is 601 g/mol. The molecule has 0 bridgehead atoms. The largest absolute Gasteiger partial charge is 0.190 e. The lowest BCUT2D eigenvalue weighted by Gasteiger charge is -2.55. The zero-order chi connectivity index (χ0) is 22.0. The number of hydrogen-bond donors (Lipinski definition) is 0. The lowest BCUT2D eigenvalue weighted by atomic mass is 9.73. The van der Waals surface area contributed by atoms with Gasteiger partial charge in [0.1, 0.15) is 4.87 Å². The van der Waals surface area contributed by atoms with Crippen LogP contribution in [0, 0.1) is 0 Å². The highest BCUT2D eigenvalue weighted by Crippen LogP contribution is 2.73. The van der Waals surface area contributed by atoms with Gasteiger partial charge in [0, 0.05) is 10.8 Å². The van der Waals surface area contributed by atoms with Crippen LogP contribution >= 0.6 is 116 Å². The van der Waals surface area contributed by atoms with Crippen molar-refractivity contribution in [1.29, 1.82) is 0 Å². The first-order valence-corrected chi connectivity index (χ1v) is 12.2. The number of hydrogen-bond acceptors (Lipinski definition) is 0. The molecule has 0 N–H and O–H groups in total. The minimum atomic E-state index is -2.20. The van der Waals surface area contributed by atoms with Crippen molar-refractivity contribution < 1.29 is 0 Å². The van der Waals surface area contributed by atoms with E-state index in [0.717, 1.165) is 16.2 Å². The van der Waals surface area contributed by atoms with Crippen LogP contribution in [0.5, 0.6) is 0 Å². The van der Waals surface area contributed by atoms with Gasteiger partial charge in [-0.1, -0.05) is 141 Å². The zero-order valence-corrected chi connectivity index (χ0v) is 21.8. The molecule has 30 heavy (non-hydrogen) atoms. The van der Waals surface area contributed by atoms with Gasteiger partial charge in [0.2, 0.25) is 0 Å². The predicted octanol–water partition coefficient (Wildman–Crippen LogP) is 9.19. The first kappa shape index (κ1) is 22.6. The Morgan fingerprint density at radius 1 is 0.600 bits per heavy atom. The zero-order valence-electron chi connectivity index (χ0n) is 14.2. The Labute approximate surface area is 221 Å². The lowest BCUT2D eigenvalue weighted by Crippen LogP contribution is -2.64. The summed E-state index contributed by atoms with van der Waals surface area (Å²) in [6.07, 6.45) is 0. The van der Waals surface area contributed by atoms with E-state index in [4.69, 9.17) is 116 Å². The van der Waals surface area contributed by atoms with E-state index in [-0.39, 0.29) is 15.1 Å². The van der Waals surface area contributed by atoms with Crippen molar-refractivity contribution in [2.75, 3.05) is 0 Å². The first-order chi connectivity index (χ1) is 13.8. The summed E-state index contributed by atoms with van der Waals surface area (Å²) in [6.45, 7) is 0. The van der Waals surface area contributed by atoms with Crippen molar-refractivity contribution in [3.05, 3.63) is 62.8 Å². The highest BCUT2D eigenvalue weighted by molar-refractivity contribution is 6.73. The van der Waals surface area contributed by atoms with Crippen molar-refractivity contribution in [2.24, 2.45) is 0 Å². The van der Waals surface area contributed by atoms with E-state index in [9.17, 15) is 0 Å². The SMILES string of the molecule is ClC1=C(Cl)C2(Cl)c3c(c4cccc5cccc(c3=C1Cl)c54)C(Cl)(Cl)C(Cl)(Cl)C2(Cl)Cl. The summed E-state index contributed by atoms with van der Waals surface area (Å²) in [4.78, 5) is -1.88. The van der Waals surface area contributed by atoms with Crippen LogP contribution in [-0.2, 0) is 9.21 Å². The van der Waals surface area contributed by atoms with E-state index < -0.39 is 17.9 Å². The summed E-state index contributed by atoms with van der Waals surface area (Å²) >= 11 is 67.4. The molecule has 0 spiro atoms. The molecule has 0 radical (unpaired) electrons. The fraction of sp³-hybridized carbons (Fsp3) is 0.200. The van der Waals surface area contributed by atoms with Gasteiger partial charge in [0.15, 0.2) is 13.0 Å². The molecule has 156 valence electrons. The van der Waals surface area contributed by atoms with Gasteiger partial charge in [-0.25, -0.2) is 0 Å². The standard InChI is InChI=1S/C20H6Cl10/c21-14-11-8-5-1-3-7-4-2-6-9(10(7)8)12-13(11)17(24,16(23)15(14)22)19(27,28)20(29,30)18(12,25)26/h1-6H. The molecule has 0 saturated heterocycles. The van der Waals surface area contributed by atoms with Gasteiger partial charge in [-0.15, -0.1) is 11.6 Å². The molecule has 0 aliphatic heterocycles. The molecule has 0 saturated carbocycles. The molecule has 0 aromatic heterocycles. The van der Waals surface area contributed by atoms with Crippen LogP contribution < -0.4 is 5.22 Å². The van der Waals surface area contributed by atoms with Gasteiger partial charge in [-0.05, 0) is 27.1 Å². The lowest BCUT2D eigenvalue weighted by molar-refractivity contribution is 0.470. The maximum atomic E-state index is 7.12. The van der Waals surface area contributed by atoms with Gasteiger partial charge >= 0.3 is 0 Å². The van der Waals surface area contributed by atoms with Crippen LogP contribution in [0.4, 0.5) is 0 Å². The Balaban J connectivity index is 2.25. The summed E-state index contributed by atoms with van der Waals surface area (Å²) in [7, 11) is 0. The van der Waals surface area contributed by atoms with Gasteiger partial charge in [0.25, 0.3) is 0 Å². The number of fused-ring (bicyclic) bond motifs is 2. The summed E-state index contributed by atoms with van der Waals surface area (Å²) in [6, 6.07) is 11.3. The van der Waals surface area contributed by atoms with Gasteiger partial charge in [0.05, 0.1) is 15.1 Å². The molecule has 0 nitrogen and oxygen atoms in total. The topological polar surface area (TPSA) is 0 Å². The average Bonchev–Trinajstić information content (AvgIpc) is 2.69. The normalized spacial score (nSPS) is 26.4. The molecule has 0 fully saturated rings. The molecule has 1 atom stereocenters. The second-order valence-electron chi connectivity index (χ2n) is 7.16. The van der Waals surface area contributed by atoms with Crippen molar-refractivity contribution in [3.8, 4) is 0 Å². The Kier molecular flexibility index (Phi) is 5.05. The number of allylic oxidation sites excluding steroid dienone is 2. The van der Waals surface area contributed by atoms with Crippen LogP contribution in [0.3, 0.4) is 0 Å². The highest BCUT2D eigenvalue weighted by atomic mass is 35.5. The summed E-state index contributed by atoms with van der Waals surface area (Å²) in [5.74, 6) is 0. The quantitative estimate of drug-likeness (QED) is 0.226. The van der Waals surface area contributed by atoms with Gasteiger partial charge in [-0.3, -0.25) is 0 Å². The van der Waals surface area contributed by atoms with E-state index in [2.05, 4.69) is 0 Å². The molecule has 2 aliphatic rings. The Hall–Kier alpha value is 0.820.